The molecule has 2 aliphatic heterocycles. The lowest BCUT2D eigenvalue weighted by molar-refractivity contribution is 0.0876. The van der Waals surface area contributed by atoms with E-state index in [9.17, 15) is 9.18 Å². The predicted octanol–water partition coefficient (Wildman–Crippen LogP) is 5.12. The molecule has 7 heteroatoms. The van der Waals surface area contributed by atoms with Crippen molar-refractivity contribution in [2.45, 2.75) is 20.0 Å². The SMILES string of the molecule is COc1ccc(/C=C2\Oc3c(cc4c(c3C)OCN(Cc3ccc(F)cc3)C4)C2=O)cc1OC. The van der Waals surface area contributed by atoms with Gasteiger partial charge < -0.3 is 18.9 Å². The van der Waals surface area contributed by atoms with Crippen LogP contribution >= 0.6 is 0 Å². The Morgan fingerprint density at radius 2 is 1.79 bits per heavy atom. The molecule has 2 aliphatic rings. The van der Waals surface area contributed by atoms with E-state index in [1.165, 1.54) is 12.1 Å². The lowest BCUT2D eigenvalue weighted by atomic mass is 9.99. The number of allylic oxidation sites excluding steroid dienone is 1. The number of Topliss-reactive ketones (excluding diaryl/α,β-unsaturated/α-hetero) is 1. The molecule has 34 heavy (non-hydrogen) atoms. The molecular formula is C27H24FNO5. The van der Waals surface area contributed by atoms with Crippen LogP contribution in [-0.2, 0) is 13.1 Å². The van der Waals surface area contributed by atoms with Gasteiger partial charge in [-0.25, -0.2) is 4.39 Å². The van der Waals surface area contributed by atoms with Gasteiger partial charge in [0.25, 0.3) is 0 Å². The molecule has 0 aromatic heterocycles. The summed E-state index contributed by atoms with van der Waals surface area (Å²) in [5.41, 5.74) is 4.01. The molecule has 0 amide bonds. The van der Waals surface area contributed by atoms with Crippen LogP contribution in [0.15, 0.2) is 54.3 Å². The van der Waals surface area contributed by atoms with Gasteiger partial charge in [-0.15, -0.1) is 0 Å². The molecule has 2 heterocycles. The van der Waals surface area contributed by atoms with Crippen LogP contribution in [0.1, 0.15) is 32.6 Å². The fraction of sp³-hybridized carbons (Fsp3) is 0.222. The van der Waals surface area contributed by atoms with Crippen molar-refractivity contribution in [3.8, 4) is 23.0 Å². The number of hydrogen-bond donors (Lipinski definition) is 0. The number of hydrogen-bond acceptors (Lipinski definition) is 6. The van der Waals surface area contributed by atoms with Gasteiger partial charge in [-0.2, -0.15) is 0 Å². The zero-order valence-corrected chi connectivity index (χ0v) is 19.2. The highest BCUT2D eigenvalue weighted by Crippen LogP contribution is 2.43. The van der Waals surface area contributed by atoms with Gasteiger partial charge in [-0.1, -0.05) is 18.2 Å². The first-order valence-corrected chi connectivity index (χ1v) is 10.9. The third kappa shape index (κ3) is 3.99. The third-order valence-electron chi connectivity index (χ3n) is 6.03. The molecule has 174 valence electrons. The van der Waals surface area contributed by atoms with E-state index in [-0.39, 0.29) is 17.4 Å². The van der Waals surface area contributed by atoms with E-state index in [4.69, 9.17) is 18.9 Å². The van der Waals surface area contributed by atoms with Gasteiger partial charge in [0.15, 0.2) is 17.3 Å². The monoisotopic (exact) mass is 461 g/mol. The fourth-order valence-corrected chi connectivity index (χ4v) is 4.34. The van der Waals surface area contributed by atoms with Crippen LogP contribution in [-0.4, -0.2) is 31.6 Å². The summed E-state index contributed by atoms with van der Waals surface area (Å²) in [6.45, 7) is 3.53. The molecule has 0 N–H and O–H groups in total. The Morgan fingerprint density at radius 3 is 2.53 bits per heavy atom. The number of methoxy groups -OCH3 is 2. The second kappa shape index (κ2) is 8.83. The number of nitrogens with zero attached hydrogens (tertiary/aromatic N) is 1. The van der Waals surface area contributed by atoms with Crippen LogP contribution in [0.25, 0.3) is 6.08 Å². The number of rotatable bonds is 5. The molecule has 6 nitrogen and oxygen atoms in total. The molecular weight excluding hydrogens is 437 g/mol. The number of carbonyl (C=O) groups excluding carboxylic acids is 1. The van der Waals surface area contributed by atoms with Crippen molar-refractivity contribution in [2.75, 3.05) is 21.0 Å². The van der Waals surface area contributed by atoms with Gasteiger partial charge in [-0.3, -0.25) is 9.69 Å². The summed E-state index contributed by atoms with van der Waals surface area (Å²) in [4.78, 5) is 15.3. The number of carbonyl (C=O) groups is 1. The number of halogens is 1. The molecule has 5 rings (SSSR count). The van der Waals surface area contributed by atoms with Crippen molar-refractivity contribution in [3.05, 3.63) is 87.9 Å². The van der Waals surface area contributed by atoms with Crippen molar-refractivity contribution < 1.29 is 28.1 Å². The summed E-state index contributed by atoms with van der Waals surface area (Å²) in [7, 11) is 3.14. The van der Waals surface area contributed by atoms with Crippen molar-refractivity contribution in [1.82, 2.24) is 4.90 Å². The molecule has 0 bridgehead atoms. The molecule has 0 fully saturated rings. The second-order valence-electron chi connectivity index (χ2n) is 8.31. The maximum Gasteiger partial charge on any atom is 0.231 e. The Bertz CT molecular complexity index is 1300. The minimum Gasteiger partial charge on any atom is -0.493 e. The number of ether oxygens (including phenoxy) is 4. The van der Waals surface area contributed by atoms with Gasteiger partial charge in [0, 0.05) is 24.2 Å². The smallest absolute Gasteiger partial charge is 0.231 e. The Balaban J connectivity index is 1.40. The van der Waals surface area contributed by atoms with E-state index in [1.807, 2.05) is 19.1 Å². The first-order valence-electron chi connectivity index (χ1n) is 10.9. The van der Waals surface area contributed by atoms with E-state index in [0.717, 1.165) is 28.0 Å². The number of fused-ring (bicyclic) bond motifs is 2. The lowest BCUT2D eigenvalue weighted by Crippen LogP contribution is -2.32. The molecule has 3 aromatic carbocycles. The predicted molar refractivity (Wildman–Crippen MR) is 125 cm³/mol. The summed E-state index contributed by atoms with van der Waals surface area (Å²) in [6, 6.07) is 13.7. The lowest BCUT2D eigenvalue weighted by Gasteiger charge is -2.30. The maximum absolute atomic E-state index is 13.2. The van der Waals surface area contributed by atoms with Gasteiger partial charge in [0.1, 0.15) is 24.0 Å². The van der Waals surface area contributed by atoms with E-state index >= 15 is 0 Å². The topological polar surface area (TPSA) is 57.2 Å². The first-order chi connectivity index (χ1) is 16.5. The summed E-state index contributed by atoms with van der Waals surface area (Å²) in [5.74, 6) is 2.27. The Hall–Kier alpha value is -3.84. The molecule has 0 aliphatic carbocycles. The Morgan fingerprint density at radius 1 is 1.03 bits per heavy atom. The van der Waals surface area contributed by atoms with Crippen LogP contribution in [0.4, 0.5) is 4.39 Å². The van der Waals surface area contributed by atoms with Crippen LogP contribution in [0, 0.1) is 12.7 Å². The largest absolute Gasteiger partial charge is 0.493 e. The van der Waals surface area contributed by atoms with Gasteiger partial charge in [0.05, 0.1) is 19.8 Å². The van der Waals surface area contributed by atoms with E-state index in [2.05, 4.69) is 4.90 Å². The summed E-state index contributed by atoms with van der Waals surface area (Å²) in [6.07, 6.45) is 1.70. The highest BCUT2D eigenvalue weighted by molar-refractivity contribution is 6.15. The maximum atomic E-state index is 13.2. The van der Waals surface area contributed by atoms with E-state index in [0.29, 0.717) is 42.6 Å². The molecule has 3 aromatic rings. The molecule has 0 unspecified atom stereocenters. The minimum atomic E-state index is -0.259. The first kappa shape index (κ1) is 22.0. The molecule has 0 radical (unpaired) electrons. The zero-order valence-electron chi connectivity index (χ0n) is 19.2. The van der Waals surface area contributed by atoms with Crippen LogP contribution < -0.4 is 18.9 Å². The van der Waals surface area contributed by atoms with E-state index < -0.39 is 0 Å². The van der Waals surface area contributed by atoms with E-state index in [1.54, 1.807) is 44.6 Å². The summed E-state index contributed by atoms with van der Waals surface area (Å²) < 4.78 is 35.9. The normalized spacial score (nSPS) is 16.0. The molecule has 0 saturated heterocycles. The molecule has 0 atom stereocenters. The van der Waals surface area contributed by atoms with Crippen LogP contribution in [0.3, 0.4) is 0 Å². The van der Waals surface area contributed by atoms with Crippen molar-refractivity contribution in [3.63, 3.8) is 0 Å². The minimum absolute atomic E-state index is 0.175. The highest BCUT2D eigenvalue weighted by Gasteiger charge is 2.33. The highest BCUT2D eigenvalue weighted by atomic mass is 19.1. The average molecular weight is 461 g/mol. The van der Waals surface area contributed by atoms with Gasteiger partial charge in [-0.05, 0) is 54.5 Å². The summed E-state index contributed by atoms with van der Waals surface area (Å²) in [5, 5.41) is 0. The van der Waals surface area contributed by atoms with Gasteiger partial charge in [0.2, 0.25) is 5.78 Å². The van der Waals surface area contributed by atoms with Crippen molar-refractivity contribution >= 4 is 11.9 Å². The zero-order chi connectivity index (χ0) is 23.8. The van der Waals surface area contributed by atoms with Crippen LogP contribution in [0.5, 0.6) is 23.0 Å². The number of ketones is 1. The molecule has 0 saturated carbocycles. The number of benzene rings is 3. The van der Waals surface area contributed by atoms with Crippen molar-refractivity contribution in [1.29, 1.82) is 0 Å². The quantitative estimate of drug-likeness (QED) is 0.492. The summed E-state index contributed by atoms with van der Waals surface area (Å²) >= 11 is 0. The fourth-order valence-electron chi connectivity index (χ4n) is 4.34. The molecule has 0 spiro atoms. The van der Waals surface area contributed by atoms with Crippen molar-refractivity contribution in [2.24, 2.45) is 0 Å². The standard InChI is InChI=1S/C27H24FNO5/c1-16-26-19(14-29(15-33-26)13-17-4-7-20(28)8-5-17)12-21-25(30)24(34-27(16)21)11-18-6-9-22(31-2)23(10-18)32-3/h4-12H,13-15H2,1-3H3/b24-11-. The Labute approximate surface area is 197 Å². The average Bonchev–Trinajstić information content (AvgIpc) is 3.16. The third-order valence-corrected chi connectivity index (χ3v) is 6.03. The van der Waals surface area contributed by atoms with Gasteiger partial charge >= 0.3 is 0 Å². The van der Waals surface area contributed by atoms with Crippen LogP contribution in [0.2, 0.25) is 0 Å². The Kier molecular flexibility index (Phi) is 5.71. The second-order valence-corrected chi connectivity index (χ2v) is 8.31.